The second-order valence-electron chi connectivity index (χ2n) is 7.33. The highest BCUT2D eigenvalue weighted by atomic mass is 16.5. The molecule has 0 bridgehead atoms. The molecule has 1 fully saturated rings. The Bertz CT molecular complexity index is 800. The Morgan fingerprint density at radius 1 is 1.19 bits per heavy atom. The van der Waals surface area contributed by atoms with Crippen molar-refractivity contribution in [3.05, 3.63) is 34.4 Å². The fourth-order valence-corrected chi connectivity index (χ4v) is 4.50. The third-order valence-corrected chi connectivity index (χ3v) is 5.93. The zero-order valence-electron chi connectivity index (χ0n) is 16.4. The lowest BCUT2D eigenvalue weighted by Crippen LogP contribution is -2.43. The van der Waals surface area contributed by atoms with E-state index in [0.717, 1.165) is 62.3 Å². The largest absolute Gasteiger partial charge is 0.493 e. The van der Waals surface area contributed by atoms with Crippen molar-refractivity contribution in [1.82, 2.24) is 4.90 Å². The molecule has 0 radical (unpaired) electrons. The molecule has 0 aliphatic carbocycles. The summed E-state index contributed by atoms with van der Waals surface area (Å²) in [6.45, 7) is 4.10. The first-order chi connectivity index (χ1) is 13.2. The van der Waals surface area contributed by atoms with Crippen molar-refractivity contribution in [2.24, 2.45) is 5.92 Å². The van der Waals surface area contributed by atoms with E-state index in [1.165, 1.54) is 11.1 Å². The van der Waals surface area contributed by atoms with E-state index in [9.17, 15) is 10.5 Å². The van der Waals surface area contributed by atoms with E-state index in [0.29, 0.717) is 11.5 Å². The van der Waals surface area contributed by atoms with Gasteiger partial charge >= 0.3 is 0 Å². The van der Waals surface area contributed by atoms with E-state index in [4.69, 9.17) is 9.47 Å². The lowest BCUT2D eigenvalue weighted by Gasteiger charge is -2.45. The van der Waals surface area contributed by atoms with Crippen molar-refractivity contribution in [3.8, 4) is 23.6 Å². The minimum Gasteiger partial charge on any atom is -0.493 e. The van der Waals surface area contributed by atoms with Crippen LogP contribution in [0.4, 0.5) is 0 Å². The molecular formula is C22H27N3O2. The second-order valence-corrected chi connectivity index (χ2v) is 7.33. The summed E-state index contributed by atoms with van der Waals surface area (Å²) < 4.78 is 11.0. The lowest BCUT2D eigenvalue weighted by atomic mass is 9.77. The molecule has 2 aliphatic rings. The summed E-state index contributed by atoms with van der Waals surface area (Å²) in [4.78, 5) is 2.52. The van der Waals surface area contributed by atoms with Crippen LogP contribution in [0.15, 0.2) is 23.3 Å². The van der Waals surface area contributed by atoms with Crippen LogP contribution in [0.25, 0.3) is 0 Å². The van der Waals surface area contributed by atoms with E-state index in [-0.39, 0.29) is 6.04 Å². The van der Waals surface area contributed by atoms with Crippen LogP contribution in [0.2, 0.25) is 0 Å². The van der Waals surface area contributed by atoms with Crippen LogP contribution in [0.3, 0.4) is 0 Å². The highest BCUT2D eigenvalue weighted by molar-refractivity contribution is 5.51. The molecule has 27 heavy (non-hydrogen) atoms. The fourth-order valence-electron chi connectivity index (χ4n) is 4.50. The molecule has 3 rings (SSSR count). The molecule has 1 aromatic carbocycles. The van der Waals surface area contributed by atoms with Gasteiger partial charge in [-0.3, -0.25) is 4.90 Å². The molecule has 1 saturated heterocycles. The molecule has 0 saturated carbocycles. The Morgan fingerprint density at radius 3 is 2.52 bits per heavy atom. The smallest absolute Gasteiger partial charge is 0.161 e. The van der Waals surface area contributed by atoms with Crippen molar-refractivity contribution in [1.29, 1.82) is 10.5 Å². The van der Waals surface area contributed by atoms with Gasteiger partial charge in [-0.25, -0.2) is 0 Å². The first kappa shape index (κ1) is 19.3. The van der Waals surface area contributed by atoms with E-state index in [2.05, 4.69) is 36.1 Å². The summed E-state index contributed by atoms with van der Waals surface area (Å²) in [6.07, 6.45) is 5.02. The van der Waals surface area contributed by atoms with Crippen LogP contribution < -0.4 is 9.47 Å². The van der Waals surface area contributed by atoms with Gasteiger partial charge in [-0.05, 0) is 54.0 Å². The van der Waals surface area contributed by atoms with Gasteiger partial charge in [-0.15, -0.1) is 0 Å². The molecule has 0 N–H and O–H groups in total. The first-order valence-corrected chi connectivity index (χ1v) is 9.68. The Hall–Kier alpha value is -2.50. The number of methoxy groups -OCH3 is 2. The molecule has 0 spiro atoms. The van der Waals surface area contributed by atoms with Gasteiger partial charge in [0.05, 0.1) is 14.2 Å². The number of rotatable bonds is 5. The highest BCUT2D eigenvalue weighted by Gasteiger charge is 2.37. The number of ether oxygens (including phenoxy) is 2. The van der Waals surface area contributed by atoms with Gasteiger partial charge in [-0.2, -0.15) is 10.5 Å². The molecule has 2 unspecified atom stereocenters. The van der Waals surface area contributed by atoms with Crippen LogP contribution >= 0.6 is 0 Å². The molecule has 0 aromatic heterocycles. The first-order valence-electron chi connectivity index (χ1n) is 9.68. The minimum absolute atomic E-state index is 0.193. The molecule has 0 amide bonds. The predicted octanol–water partition coefficient (Wildman–Crippen LogP) is 4.16. The molecule has 5 nitrogen and oxygen atoms in total. The van der Waals surface area contributed by atoms with Gasteiger partial charge in [0.25, 0.3) is 0 Å². The summed E-state index contributed by atoms with van der Waals surface area (Å²) in [5.74, 6) is 1.79. The van der Waals surface area contributed by atoms with E-state index in [1.54, 1.807) is 14.2 Å². The third kappa shape index (κ3) is 3.66. The number of allylic oxidation sites excluding steroid dienone is 1. The number of nitriles is 2. The number of nitrogens with zero attached hydrogens (tertiary/aromatic N) is 3. The number of hydrogen-bond acceptors (Lipinski definition) is 5. The van der Waals surface area contributed by atoms with E-state index >= 15 is 0 Å². The fraction of sp³-hybridized carbons (Fsp3) is 0.545. The monoisotopic (exact) mass is 365 g/mol. The molecule has 2 aliphatic heterocycles. The van der Waals surface area contributed by atoms with Gasteiger partial charge < -0.3 is 9.47 Å². The zero-order valence-corrected chi connectivity index (χ0v) is 16.4. The highest BCUT2D eigenvalue weighted by Crippen LogP contribution is 2.45. The van der Waals surface area contributed by atoms with E-state index in [1.807, 2.05) is 0 Å². The maximum Gasteiger partial charge on any atom is 0.161 e. The number of hydrogen-bond donors (Lipinski definition) is 0. The average molecular weight is 365 g/mol. The second kappa shape index (κ2) is 8.46. The van der Waals surface area contributed by atoms with Crippen LogP contribution in [-0.4, -0.2) is 32.2 Å². The van der Waals surface area contributed by atoms with Crippen molar-refractivity contribution in [3.63, 3.8) is 0 Å². The SMILES string of the molecule is CCCCC1CN2CCc3cc(OC)c(OC)cc3C2CC1=C(C#N)C#N. The Kier molecular flexibility index (Phi) is 6.04. The summed E-state index contributed by atoms with van der Waals surface area (Å²) in [5.41, 5.74) is 3.86. The van der Waals surface area contributed by atoms with Crippen LogP contribution in [0.1, 0.15) is 49.8 Å². The van der Waals surface area contributed by atoms with Crippen LogP contribution in [-0.2, 0) is 6.42 Å². The Balaban J connectivity index is 2.01. The van der Waals surface area contributed by atoms with Crippen molar-refractivity contribution >= 4 is 0 Å². The molecule has 2 atom stereocenters. The maximum absolute atomic E-state index is 9.48. The molecule has 142 valence electrons. The molecule has 5 heteroatoms. The number of piperidine rings is 1. The summed E-state index contributed by atoms with van der Waals surface area (Å²) in [7, 11) is 3.31. The Morgan fingerprint density at radius 2 is 1.89 bits per heavy atom. The maximum atomic E-state index is 9.48. The number of unbranched alkanes of at least 4 members (excludes halogenated alkanes) is 1. The summed E-state index contributed by atoms with van der Waals surface area (Å²) >= 11 is 0. The quantitative estimate of drug-likeness (QED) is 0.733. The summed E-state index contributed by atoms with van der Waals surface area (Å²) in [6, 6.07) is 8.63. The van der Waals surface area contributed by atoms with Crippen molar-refractivity contribution < 1.29 is 9.47 Å². The van der Waals surface area contributed by atoms with Crippen LogP contribution in [0, 0.1) is 28.6 Å². The molecule has 1 aromatic rings. The Labute approximate surface area is 161 Å². The topological polar surface area (TPSA) is 69.3 Å². The average Bonchev–Trinajstić information content (AvgIpc) is 2.71. The van der Waals surface area contributed by atoms with Gasteiger partial charge in [0, 0.05) is 19.1 Å². The van der Waals surface area contributed by atoms with Crippen molar-refractivity contribution in [2.75, 3.05) is 27.3 Å². The predicted molar refractivity (Wildman–Crippen MR) is 103 cm³/mol. The van der Waals surface area contributed by atoms with Crippen LogP contribution in [0.5, 0.6) is 11.5 Å². The lowest BCUT2D eigenvalue weighted by molar-refractivity contribution is 0.127. The third-order valence-electron chi connectivity index (χ3n) is 5.93. The van der Waals surface area contributed by atoms with Crippen molar-refractivity contribution in [2.45, 2.75) is 45.1 Å². The number of benzene rings is 1. The minimum atomic E-state index is 0.193. The molecular weight excluding hydrogens is 338 g/mol. The van der Waals surface area contributed by atoms with E-state index < -0.39 is 0 Å². The molecule has 2 heterocycles. The van der Waals surface area contributed by atoms with Gasteiger partial charge in [0.15, 0.2) is 11.5 Å². The zero-order chi connectivity index (χ0) is 19.4. The standard InChI is InChI=1S/C22H27N3O2/c1-4-5-6-16-14-25-8-7-15-9-21(26-2)22(27-3)11-19(15)20(25)10-18(16)17(12-23)13-24/h9,11,16,20H,4-8,10,14H2,1-3H3. The summed E-state index contributed by atoms with van der Waals surface area (Å²) in [5, 5.41) is 19.0. The normalized spacial score (nSPS) is 21.4. The van der Waals surface area contributed by atoms with Gasteiger partial charge in [-0.1, -0.05) is 19.8 Å². The van der Waals surface area contributed by atoms with Gasteiger partial charge in [0.1, 0.15) is 17.7 Å². The number of fused-ring (bicyclic) bond motifs is 3. The van der Waals surface area contributed by atoms with Gasteiger partial charge in [0.2, 0.25) is 0 Å².